The Balaban J connectivity index is 2.22. The van der Waals surface area contributed by atoms with E-state index in [4.69, 9.17) is 0 Å². The van der Waals surface area contributed by atoms with E-state index in [9.17, 15) is 27.7 Å². The molecule has 0 bridgehead atoms. The Hall–Kier alpha value is -3.01. The molecule has 1 amide bonds. The molecule has 8 nitrogen and oxygen atoms in total. The van der Waals surface area contributed by atoms with Gasteiger partial charge in [0.15, 0.2) is 9.84 Å². The number of carbonyl (C=O) groups excluding carboxylic acids is 1. The number of halogens is 1. The number of benzene rings is 2. The fourth-order valence-corrected chi connectivity index (χ4v) is 3.48. The van der Waals surface area contributed by atoms with E-state index in [1.54, 1.807) is 12.1 Å². The van der Waals surface area contributed by atoms with Crippen molar-refractivity contribution < 1.29 is 22.5 Å². The normalized spacial score (nSPS) is 11.2. The van der Waals surface area contributed by atoms with Gasteiger partial charge in [-0.1, -0.05) is 6.07 Å². The minimum Gasteiger partial charge on any atom is -0.370 e. The molecule has 0 aromatic heterocycles. The number of non-ortho nitro benzene ring substituents is 1. The van der Waals surface area contributed by atoms with Crippen LogP contribution in [0.3, 0.4) is 0 Å². The summed E-state index contributed by atoms with van der Waals surface area (Å²) in [6.07, 6.45) is 0.897. The second-order valence-corrected chi connectivity index (χ2v) is 8.40. The van der Waals surface area contributed by atoms with Gasteiger partial charge in [0, 0.05) is 43.6 Å². The summed E-state index contributed by atoms with van der Waals surface area (Å²) in [7, 11) is -3.74. The van der Waals surface area contributed by atoms with Crippen LogP contribution in [-0.2, 0) is 16.4 Å². The Morgan fingerprint density at radius 1 is 1.17 bits per heavy atom. The topological polar surface area (TPSA) is 110 Å². The highest BCUT2D eigenvalue weighted by Crippen LogP contribution is 2.22. The molecule has 2 rings (SSSR count). The first-order valence-electron chi connectivity index (χ1n) is 8.88. The Kier molecular flexibility index (Phi) is 6.91. The Labute approximate surface area is 168 Å². The number of hydrogen-bond donors (Lipinski definition) is 1. The Morgan fingerprint density at radius 3 is 2.34 bits per heavy atom. The second kappa shape index (κ2) is 8.99. The van der Waals surface area contributed by atoms with Gasteiger partial charge < -0.3 is 10.2 Å². The molecule has 0 unspecified atom stereocenters. The number of nitrogens with zero attached hydrogens (tertiary/aromatic N) is 2. The number of amides is 1. The monoisotopic (exact) mass is 423 g/mol. The van der Waals surface area contributed by atoms with Crippen LogP contribution < -0.4 is 10.2 Å². The third kappa shape index (κ3) is 5.50. The van der Waals surface area contributed by atoms with Crippen molar-refractivity contribution in [1.29, 1.82) is 0 Å². The fourth-order valence-electron chi connectivity index (χ4n) is 2.80. The van der Waals surface area contributed by atoms with Crippen molar-refractivity contribution in [3.8, 4) is 0 Å². The number of nitrogens with one attached hydrogen (secondary N) is 1. The summed E-state index contributed by atoms with van der Waals surface area (Å²) >= 11 is 0. The van der Waals surface area contributed by atoms with Crippen LogP contribution in [-0.4, -0.2) is 38.6 Å². The second-order valence-electron chi connectivity index (χ2n) is 6.39. The standard InChI is InChI=1S/C19H22FN3O5S/c1-4-22(5-2)18-7-6-13(8-17(18)20)12-21-19(24)14-9-15(23(25)26)11-16(10-14)29(3,27)28/h6-11H,4-5,12H2,1-3H3,(H,21,24). The average molecular weight is 423 g/mol. The van der Waals surface area contributed by atoms with Gasteiger partial charge in [-0.05, 0) is 37.6 Å². The zero-order valence-electron chi connectivity index (χ0n) is 16.3. The molecule has 156 valence electrons. The molecule has 0 atom stereocenters. The predicted molar refractivity (Wildman–Crippen MR) is 107 cm³/mol. The zero-order chi connectivity index (χ0) is 21.8. The average Bonchev–Trinajstić information content (AvgIpc) is 2.67. The van der Waals surface area contributed by atoms with Gasteiger partial charge in [0.1, 0.15) is 5.82 Å². The molecule has 1 N–H and O–H groups in total. The lowest BCUT2D eigenvalue weighted by Crippen LogP contribution is -2.24. The quantitative estimate of drug-likeness (QED) is 0.516. The maximum absolute atomic E-state index is 14.4. The van der Waals surface area contributed by atoms with Gasteiger partial charge in [0.05, 0.1) is 15.5 Å². The van der Waals surface area contributed by atoms with Crippen molar-refractivity contribution in [3.05, 3.63) is 63.5 Å². The SMILES string of the molecule is CCN(CC)c1ccc(CNC(=O)c2cc([N+](=O)[O-])cc(S(C)(=O)=O)c2)cc1F. The van der Waals surface area contributed by atoms with Crippen molar-refractivity contribution in [1.82, 2.24) is 5.32 Å². The molecule has 2 aromatic carbocycles. The van der Waals surface area contributed by atoms with E-state index in [1.165, 1.54) is 6.07 Å². The molecular weight excluding hydrogens is 401 g/mol. The van der Waals surface area contributed by atoms with E-state index in [-0.39, 0.29) is 17.0 Å². The molecule has 0 radical (unpaired) electrons. The minimum atomic E-state index is -3.74. The fraction of sp³-hybridized carbons (Fsp3) is 0.316. The molecule has 10 heteroatoms. The lowest BCUT2D eigenvalue weighted by molar-refractivity contribution is -0.385. The summed E-state index contributed by atoms with van der Waals surface area (Å²) in [5, 5.41) is 13.6. The molecule has 0 spiro atoms. The number of rotatable bonds is 8. The highest BCUT2D eigenvalue weighted by molar-refractivity contribution is 7.90. The molecule has 0 saturated carbocycles. The van der Waals surface area contributed by atoms with Gasteiger partial charge in [0.25, 0.3) is 11.6 Å². The number of sulfone groups is 1. The van der Waals surface area contributed by atoms with Crippen LogP contribution in [0.5, 0.6) is 0 Å². The number of nitro benzene ring substituents is 1. The van der Waals surface area contributed by atoms with Crippen LogP contribution in [0.2, 0.25) is 0 Å². The van der Waals surface area contributed by atoms with Gasteiger partial charge in [0.2, 0.25) is 0 Å². The summed E-state index contributed by atoms with van der Waals surface area (Å²) in [6, 6.07) is 7.57. The van der Waals surface area contributed by atoms with Gasteiger partial charge in [-0.15, -0.1) is 0 Å². The van der Waals surface area contributed by atoms with E-state index in [1.807, 2.05) is 18.7 Å². The lowest BCUT2D eigenvalue weighted by Gasteiger charge is -2.22. The minimum absolute atomic E-state index is 0.0226. The predicted octanol–water partition coefficient (Wildman–Crippen LogP) is 2.91. The number of hydrogen-bond acceptors (Lipinski definition) is 6. The zero-order valence-corrected chi connectivity index (χ0v) is 17.1. The van der Waals surface area contributed by atoms with Gasteiger partial charge >= 0.3 is 0 Å². The third-order valence-corrected chi connectivity index (χ3v) is 5.45. The number of anilines is 1. The molecule has 0 fully saturated rings. The highest BCUT2D eigenvalue weighted by Gasteiger charge is 2.19. The highest BCUT2D eigenvalue weighted by atomic mass is 32.2. The lowest BCUT2D eigenvalue weighted by atomic mass is 10.1. The number of nitro groups is 1. The molecular formula is C19H22FN3O5S. The van der Waals surface area contributed by atoms with Crippen LogP contribution >= 0.6 is 0 Å². The van der Waals surface area contributed by atoms with Crippen molar-refractivity contribution in [3.63, 3.8) is 0 Å². The van der Waals surface area contributed by atoms with E-state index in [0.29, 0.717) is 24.3 Å². The molecule has 0 heterocycles. The molecule has 2 aromatic rings. The van der Waals surface area contributed by atoms with Crippen molar-refractivity contribution in [2.45, 2.75) is 25.3 Å². The van der Waals surface area contributed by atoms with Crippen LogP contribution in [0.15, 0.2) is 41.3 Å². The van der Waals surface area contributed by atoms with Gasteiger partial charge in [-0.2, -0.15) is 0 Å². The van der Waals surface area contributed by atoms with Gasteiger partial charge in [-0.25, -0.2) is 12.8 Å². The molecule has 0 saturated heterocycles. The summed E-state index contributed by atoms with van der Waals surface area (Å²) in [5.74, 6) is -1.12. The summed E-state index contributed by atoms with van der Waals surface area (Å²) < 4.78 is 37.8. The number of carbonyl (C=O) groups is 1. The van der Waals surface area contributed by atoms with E-state index < -0.39 is 32.2 Å². The molecule has 0 aliphatic heterocycles. The Bertz CT molecular complexity index is 1040. The smallest absolute Gasteiger partial charge is 0.271 e. The maximum Gasteiger partial charge on any atom is 0.271 e. The summed E-state index contributed by atoms with van der Waals surface area (Å²) in [5.41, 5.74) is 0.287. The van der Waals surface area contributed by atoms with Crippen molar-refractivity contribution in [2.75, 3.05) is 24.2 Å². The van der Waals surface area contributed by atoms with Crippen LogP contribution in [0.1, 0.15) is 29.8 Å². The molecule has 29 heavy (non-hydrogen) atoms. The largest absolute Gasteiger partial charge is 0.370 e. The Morgan fingerprint density at radius 2 is 1.83 bits per heavy atom. The van der Waals surface area contributed by atoms with Crippen LogP contribution in [0, 0.1) is 15.9 Å². The van der Waals surface area contributed by atoms with E-state index in [2.05, 4.69) is 5.32 Å². The van der Waals surface area contributed by atoms with E-state index >= 15 is 0 Å². The van der Waals surface area contributed by atoms with E-state index in [0.717, 1.165) is 24.5 Å². The van der Waals surface area contributed by atoms with Crippen molar-refractivity contribution in [2.24, 2.45) is 0 Å². The first kappa shape index (κ1) is 22.3. The third-order valence-electron chi connectivity index (χ3n) is 4.36. The molecule has 0 aliphatic carbocycles. The first-order valence-corrected chi connectivity index (χ1v) is 10.8. The maximum atomic E-state index is 14.4. The van der Waals surface area contributed by atoms with Crippen LogP contribution in [0.4, 0.5) is 15.8 Å². The molecule has 0 aliphatic rings. The summed E-state index contributed by atoms with van der Waals surface area (Å²) in [4.78, 5) is 24.2. The van der Waals surface area contributed by atoms with Gasteiger partial charge in [-0.3, -0.25) is 14.9 Å². The summed E-state index contributed by atoms with van der Waals surface area (Å²) in [6.45, 7) is 5.12. The first-order chi connectivity index (χ1) is 13.6. The van der Waals surface area contributed by atoms with Crippen LogP contribution in [0.25, 0.3) is 0 Å². The van der Waals surface area contributed by atoms with Crippen molar-refractivity contribution >= 4 is 27.1 Å².